The Labute approximate surface area is 130 Å². The molecule has 0 bridgehead atoms. The zero-order valence-electron chi connectivity index (χ0n) is 12.5. The van der Waals surface area contributed by atoms with E-state index in [0.29, 0.717) is 22.8 Å². The second kappa shape index (κ2) is 6.19. The van der Waals surface area contributed by atoms with Crippen molar-refractivity contribution in [2.45, 2.75) is 20.3 Å². The monoisotopic (exact) mass is 302 g/mol. The van der Waals surface area contributed by atoms with Crippen LogP contribution >= 0.6 is 11.6 Å². The first-order valence-electron chi connectivity index (χ1n) is 6.76. The van der Waals surface area contributed by atoms with Gasteiger partial charge in [-0.2, -0.15) is 0 Å². The van der Waals surface area contributed by atoms with Gasteiger partial charge in [0.15, 0.2) is 0 Å². The molecule has 0 spiro atoms. The average Bonchev–Trinajstić information content (AvgIpc) is 2.44. The van der Waals surface area contributed by atoms with Gasteiger partial charge >= 0.3 is 0 Å². The van der Waals surface area contributed by atoms with E-state index in [1.807, 2.05) is 32.0 Å². The fourth-order valence-electron chi connectivity index (χ4n) is 2.21. The third kappa shape index (κ3) is 3.56. The molecular formula is C17H19ClN2O. The molecule has 1 amide bonds. The predicted octanol–water partition coefficient (Wildman–Crippen LogP) is 3.74. The lowest BCUT2D eigenvalue weighted by Crippen LogP contribution is -2.28. The van der Waals surface area contributed by atoms with Crippen molar-refractivity contribution in [2.24, 2.45) is 0 Å². The number of nitrogens with two attached hydrogens (primary N) is 1. The van der Waals surface area contributed by atoms with Gasteiger partial charge in [-0.15, -0.1) is 0 Å². The van der Waals surface area contributed by atoms with E-state index in [1.54, 1.807) is 30.1 Å². The Kier molecular flexibility index (Phi) is 4.53. The first kappa shape index (κ1) is 15.4. The van der Waals surface area contributed by atoms with Gasteiger partial charge in [0, 0.05) is 12.1 Å². The summed E-state index contributed by atoms with van der Waals surface area (Å²) in [4.78, 5) is 14.0. The summed E-state index contributed by atoms with van der Waals surface area (Å²) in [7, 11) is 1.72. The molecule has 2 rings (SSSR count). The minimum atomic E-state index is -0.0160. The standard InChI is InChI=1S/C17H19ClN2O/c1-11-4-5-12(2)13(8-11)9-17(21)20(3)16-10-14(18)6-7-15(16)19/h4-8,10H,9,19H2,1-3H3. The number of likely N-dealkylation sites (N-methyl/N-ethyl adjacent to an activating group) is 1. The topological polar surface area (TPSA) is 46.3 Å². The van der Waals surface area contributed by atoms with Crippen molar-refractivity contribution in [2.75, 3.05) is 17.7 Å². The normalized spacial score (nSPS) is 10.5. The number of carbonyl (C=O) groups excluding carboxylic acids is 1. The third-order valence-electron chi connectivity index (χ3n) is 3.57. The fraction of sp³-hybridized carbons (Fsp3) is 0.235. The van der Waals surface area contributed by atoms with Crippen molar-refractivity contribution in [1.82, 2.24) is 0 Å². The molecule has 2 N–H and O–H groups in total. The fourth-order valence-corrected chi connectivity index (χ4v) is 2.38. The molecule has 0 unspecified atom stereocenters. The number of anilines is 2. The van der Waals surface area contributed by atoms with E-state index >= 15 is 0 Å². The molecule has 4 heteroatoms. The van der Waals surface area contributed by atoms with Gasteiger partial charge in [-0.05, 0) is 43.2 Å². The second-order valence-corrected chi connectivity index (χ2v) is 5.70. The Morgan fingerprint density at radius 3 is 2.62 bits per heavy atom. The maximum Gasteiger partial charge on any atom is 0.231 e. The Morgan fingerprint density at radius 1 is 1.19 bits per heavy atom. The molecule has 0 aromatic heterocycles. The first-order chi connectivity index (χ1) is 9.88. The minimum Gasteiger partial charge on any atom is -0.397 e. The molecule has 0 aliphatic rings. The van der Waals surface area contributed by atoms with Crippen molar-refractivity contribution < 1.29 is 4.79 Å². The summed E-state index contributed by atoms with van der Waals surface area (Å²) in [5, 5.41) is 0.561. The van der Waals surface area contributed by atoms with E-state index in [4.69, 9.17) is 17.3 Å². The molecule has 0 atom stereocenters. The lowest BCUT2D eigenvalue weighted by atomic mass is 10.0. The lowest BCUT2D eigenvalue weighted by molar-refractivity contribution is -0.117. The zero-order valence-corrected chi connectivity index (χ0v) is 13.2. The van der Waals surface area contributed by atoms with Crippen molar-refractivity contribution >= 4 is 28.9 Å². The van der Waals surface area contributed by atoms with E-state index in [2.05, 4.69) is 0 Å². The lowest BCUT2D eigenvalue weighted by Gasteiger charge is -2.20. The molecule has 2 aromatic carbocycles. The van der Waals surface area contributed by atoms with Crippen LogP contribution in [-0.4, -0.2) is 13.0 Å². The molecule has 0 heterocycles. The van der Waals surface area contributed by atoms with Crippen LogP contribution in [0.25, 0.3) is 0 Å². The number of rotatable bonds is 3. The highest BCUT2D eigenvalue weighted by Gasteiger charge is 2.15. The summed E-state index contributed by atoms with van der Waals surface area (Å²) >= 11 is 5.98. The number of aryl methyl sites for hydroxylation is 2. The van der Waals surface area contributed by atoms with Gasteiger partial charge in [0.2, 0.25) is 5.91 Å². The van der Waals surface area contributed by atoms with Gasteiger partial charge in [-0.3, -0.25) is 4.79 Å². The van der Waals surface area contributed by atoms with Crippen LogP contribution in [0.3, 0.4) is 0 Å². The molecule has 0 aliphatic heterocycles. The van der Waals surface area contributed by atoms with Crippen LogP contribution in [0.4, 0.5) is 11.4 Å². The summed E-state index contributed by atoms with van der Waals surface area (Å²) in [6, 6.07) is 11.2. The van der Waals surface area contributed by atoms with Gasteiger partial charge in [0.1, 0.15) is 0 Å². The van der Waals surface area contributed by atoms with E-state index in [0.717, 1.165) is 16.7 Å². The quantitative estimate of drug-likeness (QED) is 0.878. The molecule has 2 aromatic rings. The number of nitrogen functional groups attached to an aromatic ring is 1. The Bertz CT molecular complexity index is 682. The first-order valence-corrected chi connectivity index (χ1v) is 7.14. The Hall–Kier alpha value is -2.00. The molecule has 0 fully saturated rings. The highest BCUT2D eigenvalue weighted by atomic mass is 35.5. The zero-order chi connectivity index (χ0) is 15.6. The predicted molar refractivity (Wildman–Crippen MR) is 88.9 cm³/mol. The maximum atomic E-state index is 12.5. The van der Waals surface area contributed by atoms with E-state index in [-0.39, 0.29) is 5.91 Å². The highest BCUT2D eigenvalue weighted by molar-refractivity contribution is 6.31. The summed E-state index contributed by atoms with van der Waals surface area (Å²) in [6.07, 6.45) is 0.343. The van der Waals surface area contributed by atoms with Crippen LogP contribution in [0.2, 0.25) is 5.02 Å². The SMILES string of the molecule is Cc1ccc(C)c(CC(=O)N(C)c2cc(Cl)ccc2N)c1. The van der Waals surface area contributed by atoms with Gasteiger partial charge in [-0.1, -0.05) is 35.4 Å². The van der Waals surface area contributed by atoms with E-state index in [1.165, 1.54) is 0 Å². The number of halogens is 1. The molecule has 3 nitrogen and oxygen atoms in total. The Balaban J connectivity index is 2.23. The van der Waals surface area contributed by atoms with Crippen LogP contribution in [0.5, 0.6) is 0 Å². The van der Waals surface area contributed by atoms with Gasteiger partial charge < -0.3 is 10.6 Å². The summed E-state index contributed by atoms with van der Waals surface area (Å²) in [5.74, 6) is -0.0160. The molecule has 21 heavy (non-hydrogen) atoms. The number of carbonyl (C=O) groups is 1. The van der Waals surface area contributed by atoms with Crippen LogP contribution in [0.1, 0.15) is 16.7 Å². The van der Waals surface area contributed by atoms with E-state index in [9.17, 15) is 4.79 Å². The van der Waals surface area contributed by atoms with Crippen LogP contribution in [-0.2, 0) is 11.2 Å². The number of hydrogen-bond acceptors (Lipinski definition) is 2. The average molecular weight is 303 g/mol. The van der Waals surface area contributed by atoms with Crippen molar-refractivity contribution in [3.8, 4) is 0 Å². The molecular weight excluding hydrogens is 284 g/mol. The smallest absolute Gasteiger partial charge is 0.231 e. The molecule has 0 radical (unpaired) electrons. The third-order valence-corrected chi connectivity index (χ3v) is 3.81. The van der Waals surface area contributed by atoms with Crippen LogP contribution in [0, 0.1) is 13.8 Å². The number of nitrogens with zero attached hydrogens (tertiary/aromatic N) is 1. The van der Waals surface area contributed by atoms with Crippen LogP contribution < -0.4 is 10.6 Å². The number of amides is 1. The largest absolute Gasteiger partial charge is 0.397 e. The molecule has 0 saturated carbocycles. The number of hydrogen-bond donors (Lipinski definition) is 1. The van der Waals surface area contributed by atoms with Crippen LogP contribution in [0.15, 0.2) is 36.4 Å². The molecule has 0 saturated heterocycles. The van der Waals surface area contributed by atoms with Gasteiger partial charge in [0.25, 0.3) is 0 Å². The van der Waals surface area contributed by atoms with Crippen molar-refractivity contribution in [1.29, 1.82) is 0 Å². The van der Waals surface area contributed by atoms with Gasteiger partial charge in [0.05, 0.1) is 17.8 Å². The van der Waals surface area contributed by atoms with E-state index < -0.39 is 0 Å². The highest BCUT2D eigenvalue weighted by Crippen LogP contribution is 2.26. The van der Waals surface area contributed by atoms with Crippen molar-refractivity contribution in [3.05, 3.63) is 58.1 Å². The molecule has 110 valence electrons. The maximum absolute atomic E-state index is 12.5. The summed E-state index contributed by atoms with van der Waals surface area (Å²) in [5.41, 5.74) is 10.4. The van der Waals surface area contributed by atoms with Gasteiger partial charge in [-0.25, -0.2) is 0 Å². The summed E-state index contributed by atoms with van der Waals surface area (Å²) in [6.45, 7) is 4.03. The minimum absolute atomic E-state index is 0.0160. The second-order valence-electron chi connectivity index (χ2n) is 5.26. The van der Waals surface area contributed by atoms with Crippen molar-refractivity contribution in [3.63, 3.8) is 0 Å². The molecule has 0 aliphatic carbocycles. The number of benzene rings is 2. The summed E-state index contributed by atoms with van der Waals surface area (Å²) < 4.78 is 0. The Morgan fingerprint density at radius 2 is 1.90 bits per heavy atom.